The quantitative estimate of drug-likeness (QED) is 0.840. The molecule has 2 fully saturated rings. The molecule has 0 aromatic heterocycles. The highest BCUT2D eigenvalue weighted by Gasteiger charge is 2.39. The normalized spacial score (nSPS) is 36.7. The summed E-state index contributed by atoms with van der Waals surface area (Å²) in [6.07, 6.45) is 6.35. The van der Waals surface area contributed by atoms with Crippen molar-refractivity contribution in [1.29, 1.82) is 0 Å². The molecule has 0 bridgehead atoms. The largest absolute Gasteiger partial charge is 0.481 e. The molecule has 3 atom stereocenters. The van der Waals surface area contributed by atoms with Gasteiger partial charge in [-0.05, 0) is 50.0 Å². The number of carboxylic acids is 1. The summed E-state index contributed by atoms with van der Waals surface area (Å²) in [5.74, 6) is 0.125. The maximum Gasteiger partial charge on any atom is 0.304 e. The van der Waals surface area contributed by atoms with Crippen molar-refractivity contribution < 1.29 is 9.90 Å². The lowest BCUT2D eigenvalue weighted by Crippen LogP contribution is -2.46. The minimum Gasteiger partial charge on any atom is -0.481 e. The third-order valence-corrected chi connectivity index (χ3v) is 4.67. The van der Waals surface area contributed by atoms with Crippen LogP contribution in [0.4, 0.5) is 0 Å². The third-order valence-electron chi connectivity index (χ3n) is 4.67. The summed E-state index contributed by atoms with van der Waals surface area (Å²) >= 11 is 0. The average Bonchev–Trinajstić information content (AvgIpc) is 2.61. The van der Waals surface area contributed by atoms with E-state index in [1.54, 1.807) is 0 Å². The first-order valence-electron chi connectivity index (χ1n) is 7.35. The second-order valence-electron chi connectivity index (χ2n) is 7.20. The maximum atomic E-state index is 10.9. The molecule has 104 valence electrons. The lowest BCUT2D eigenvalue weighted by Gasteiger charge is -2.44. The second kappa shape index (κ2) is 5.20. The lowest BCUT2D eigenvalue weighted by molar-refractivity contribution is -0.138. The van der Waals surface area contributed by atoms with Gasteiger partial charge in [0.15, 0.2) is 0 Å². The molecule has 1 heterocycles. The van der Waals surface area contributed by atoms with Crippen molar-refractivity contribution in [3.63, 3.8) is 0 Å². The van der Waals surface area contributed by atoms with Crippen molar-refractivity contribution in [3.8, 4) is 0 Å². The SMILES string of the molecule is CC1CC(N2CCCC2CC(=O)O)CC(C)(C)C1. The summed E-state index contributed by atoms with van der Waals surface area (Å²) in [4.78, 5) is 13.5. The van der Waals surface area contributed by atoms with E-state index in [1.165, 1.54) is 25.7 Å². The van der Waals surface area contributed by atoms with E-state index >= 15 is 0 Å². The predicted molar refractivity (Wildman–Crippen MR) is 72.6 cm³/mol. The van der Waals surface area contributed by atoms with Crippen molar-refractivity contribution in [1.82, 2.24) is 4.90 Å². The molecule has 1 saturated carbocycles. The van der Waals surface area contributed by atoms with Crippen LogP contribution in [0.15, 0.2) is 0 Å². The molecule has 0 aromatic carbocycles. The Morgan fingerprint density at radius 1 is 1.39 bits per heavy atom. The van der Waals surface area contributed by atoms with Gasteiger partial charge in [0.05, 0.1) is 6.42 Å². The predicted octanol–water partition coefficient (Wildman–Crippen LogP) is 3.14. The number of carboxylic acid groups (broad SMARTS) is 1. The van der Waals surface area contributed by atoms with Crippen LogP contribution in [-0.4, -0.2) is 34.6 Å². The first-order valence-corrected chi connectivity index (χ1v) is 7.35. The number of carbonyl (C=O) groups is 1. The fourth-order valence-electron chi connectivity index (χ4n) is 4.31. The summed E-state index contributed by atoms with van der Waals surface area (Å²) in [5.41, 5.74) is 0.415. The number of rotatable bonds is 3. The van der Waals surface area contributed by atoms with Crippen molar-refractivity contribution in [2.45, 2.75) is 71.4 Å². The Morgan fingerprint density at radius 3 is 2.72 bits per heavy atom. The smallest absolute Gasteiger partial charge is 0.304 e. The Hall–Kier alpha value is -0.570. The standard InChI is InChI=1S/C15H27NO2/c1-11-7-13(10-15(2,3)9-11)16-6-4-5-12(16)8-14(17)18/h11-13H,4-10H2,1-3H3,(H,17,18). The highest BCUT2D eigenvalue weighted by atomic mass is 16.4. The van der Waals surface area contributed by atoms with E-state index in [9.17, 15) is 4.79 Å². The summed E-state index contributed by atoms with van der Waals surface area (Å²) < 4.78 is 0. The van der Waals surface area contributed by atoms with Gasteiger partial charge in [-0.1, -0.05) is 20.8 Å². The Morgan fingerprint density at radius 2 is 2.11 bits per heavy atom. The van der Waals surface area contributed by atoms with Crippen LogP contribution in [0, 0.1) is 11.3 Å². The molecule has 3 heteroatoms. The number of aliphatic carboxylic acids is 1. The van der Waals surface area contributed by atoms with E-state index in [0.717, 1.165) is 18.9 Å². The Balaban J connectivity index is 2.03. The van der Waals surface area contributed by atoms with Crippen LogP contribution in [0.5, 0.6) is 0 Å². The molecule has 1 N–H and O–H groups in total. The van der Waals surface area contributed by atoms with E-state index in [1.807, 2.05) is 0 Å². The summed E-state index contributed by atoms with van der Waals surface area (Å²) in [6.45, 7) is 8.16. The van der Waals surface area contributed by atoms with Gasteiger partial charge in [-0.2, -0.15) is 0 Å². The van der Waals surface area contributed by atoms with Crippen molar-refractivity contribution in [3.05, 3.63) is 0 Å². The molecular formula is C15H27NO2. The Kier molecular flexibility index (Phi) is 4.00. The molecule has 18 heavy (non-hydrogen) atoms. The van der Waals surface area contributed by atoms with Gasteiger partial charge in [-0.3, -0.25) is 9.69 Å². The van der Waals surface area contributed by atoms with E-state index in [2.05, 4.69) is 25.7 Å². The fourth-order valence-corrected chi connectivity index (χ4v) is 4.31. The van der Waals surface area contributed by atoms with Crippen LogP contribution in [0.3, 0.4) is 0 Å². The van der Waals surface area contributed by atoms with Crippen LogP contribution in [-0.2, 0) is 4.79 Å². The molecular weight excluding hydrogens is 226 g/mol. The van der Waals surface area contributed by atoms with E-state index in [0.29, 0.717) is 17.9 Å². The molecule has 2 rings (SSSR count). The molecule has 1 aliphatic heterocycles. The number of nitrogens with zero attached hydrogens (tertiary/aromatic N) is 1. The molecule has 3 unspecified atom stereocenters. The molecule has 1 saturated heterocycles. The third kappa shape index (κ3) is 3.25. The van der Waals surface area contributed by atoms with E-state index < -0.39 is 5.97 Å². The van der Waals surface area contributed by atoms with Gasteiger partial charge in [-0.15, -0.1) is 0 Å². The molecule has 3 nitrogen and oxygen atoms in total. The second-order valence-corrected chi connectivity index (χ2v) is 7.20. The minimum atomic E-state index is -0.644. The van der Waals surface area contributed by atoms with Gasteiger partial charge in [0.1, 0.15) is 0 Å². The zero-order valence-electron chi connectivity index (χ0n) is 12.0. The van der Waals surface area contributed by atoms with E-state index in [-0.39, 0.29) is 6.04 Å². The van der Waals surface area contributed by atoms with Crippen LogP contribution in [0.1, 0.15) is 59.3 Å². The summed E-state index contributed by atoms with van der Waals surface area (Å²) in [6, 6.07) is 0.893. The van der Waals surface area contributed by atoms with Gasteiger partial charge in [0, 0.05) is 12.1 Å². The molecule has 0 radical (unpaired) electrons. The number of hydrogen-bond acceptors (Lipinski definition) is 2. The topological polar surface area (TPSA) is 40.5 Å². The van der Waals surface area contributed by atoms with Gasteiger partial charge >= 0.3 is 5.97 Å². The molecule has 1 aliphatic carbocycles. The molecule has 2 aliphatic rings. The summed E-state index contributed by atoms with van der Waals surface area (Å²) in [7, 11) is 0. The molecule has 0 aromatic rings. The molecule has 0 spiro atoms. The van der Waals surface area contributed by atoms with E-state index in [4.69, 9.17) is 5.11 Å². The first-order chi connectivity index (χ1) is 8.37. The van der Waals surface area contributed by atoms with Crippen molar-refractivity contribution >= 4 is 5.97 Å². The molecule has 0 amide bonds. The van der Waals surface area contributed by atoms with Gasteiger partial charge in [0.25, 0.3) is 0 Å². The van der Waals surface area contributed by atoms with Crippen LogP contribution in [0.2, 0.25) is 0 Å². The fraction of sp³-hybridized carbons (Fsp3) is 0.933. The Bertz CT molecular complexity index is 314. The van der Waals surface area contributed by atoms with Crippen molar-refractivity contribution in [2.24, 2.45) is 11.3 Å². The van der Waals surface area contributed by atoms with Crippen LogP contribution >= 0.6 is 0 Å². The first kappa shape index (κ1) is 13.9. The van der Waals surface area contributed by atoms with Gasteiger partial charge in [-0.25, -0.2) is 0 Å². The number of likely N-dealkylation sites (tertiary alicyclic amines) is 1. The maximum absolute atomic E-state index is 10.9. The minimum absolute atomic E-state index is 0.286. The van der Waals surface area contributed by atoms with Gasteiger partial charge < -0.3 is 5.11 Å². The summed E-state index contributed by atoms with van der Waals surface area (Å²) in [5, 5.41) is 9.02. The highest BCUT2D eigenvalue weighted by Crippen LogP contribution is 2.42. The average molecular weight is 253 g/mol. The van der Waals surface area contributed by atoms with Crippen LogP contribution < -0.4 is 0 Å². The number of hydrogen-bond donors (Lipinski definition) is 1. The zero-order chi connectivity index (χ0) is 13.3. The lowest BCUT2D eigenvalue weighted by atomic mass is 9.70. The zero-order valence-corrected chi connectivity index (χ0v) is 12.0. The van der Waals surface area contributed by atoms with Crippen LogP contribution in [0.25, 0.3) is 0 Å². The van der Waals surface area contributed by atoms with Gasteiger partial charge in [0.2, 0.25) is 0 Å². The van der Waals surface area contributed by atoms with Crippen molar-refractivity contribution in [2.75, 3.05) is 6.54 Å². The monoisotopic (exact) mass is 253 g/mol. The highest BCUT2D eigenvalue weighted by molar-refractivity contribution is 5.67. The Labute approximate surface area is 111 Å².